The Morgan fingerprint density at radius 2 is 1.69 bits per heavy atom. The molecule has 0 aliphatic carbocycles. The Morgan fingerprint density at radius 3 is 2.20 bits per heavy atom. The van der Waals surface area contributed by atoms with Crippen molar-refractivity contribution in [2.45, 2.75) is 90.2 Å². The molecule has 35 heavy (non-hydrogen) atoms. The molecule has 2 aliphatic rings. The molecular weight excluding hydrogens is 482 g/mol. The van der Waals surface area contributed by atoms with Gasteiger partial charge in [0.05, 0.1) is 29.5 Å². The zero-order valence-corrected chi connectivity index (χ0v) is 22.8. The SMILES string of the molecule is CC1(C)OB(c2ccc(N3C(=O)OC[C@@H]3CO[Si](C)(C)C(C)(C)C)cc2OC(F)(F)F)OC1(C)C. The van der Waals surface area contributed by atoms with Crippen LogP contribution in [-0.2, 0) is 18.5 Å². The van der Waals surface area contributed by atoms with Crippen LogP contribution in [0.15, 0.2) is 18.2 Å². The molecule has 3 rings (SSSR count). The van der Waals surface area contributed by atoms with Gasteiger partial charge < -0.3 is 23.2 Å². The van der Waals surface area contributed by atoms with Crippen LogP contribution in [0.2, 0.25) is 18.1 Å². The summed E-state index contributed by atoms with van der Waals surface area (Å²) < 4.78 is 67.6. The van der Waals surface area contributed by atoms with E-state index in [9.17, 15) is 18.0 Å². The first-order valence-electron chi connectivity index (χ1n) is 11.6. The van der Waals surface area contributed by atoms with Crippen LogP contribution in [-0.4, -0.2) is 58.3 Å². The predicted molar refractivity (Wildman–Crippen MR) is 130 cm³/mol. The highest BCUT2D eigenvalue weighted by Gasteiger charge is 2.53. The standard InChI is InChI=1S/C23H35BF3NO6Si/c1-20(2,3)35(8,9)31-14-16-13-30-19(29)28(16)15-10-11-17(18(12-15)32-23(25,26)27)24-33-21(4,5)22(6,7)34-24/h10-12,16H,13-14H2,1-9H3/t16-/m1/s1. The Morgan fingerprint density at radius 1 is 1.11 bits per heavy atom. The zero-order chi connectivity index (χ0) is 26.6. The topological polar surface area (TPSA) is 66.5 Å². The molecule has 0 radical (unpaired) electrons. The lowest BCUT2D eigenvalue weighted by Crippen LogP contribution is -2.46. The summed E-state index contributed by atoms with van der Waals surface area (Å²) in [7, 11) is -3.20. The molecule has 0 spiro atoms. The minimum absolute atomic E-state index is 0.0422. The molecule has 1 aromatic carbocycles. The van der Waals surface area contributed by atoms with Gasteiger partial charge in [-0.05, 0) is 51.9 Å². The highest BCUT2D eigenvalue weighted by atomic mass is 28.4. The first-order valence-corrected chi connectivity index (χ1v) is 14.5. The highest BCUT2D eigenvalue weighted by Crippen LogP contribution is 2.39. The second-order valence-electron chi connectivity index (χ2n) is 11.5. The van der Waals surface area contributed by atoms with E-state index in [-0.39, 0.29) is 29.4 Å². The maximum atomic E-state index is 13.3. The number of cyclic esters (lactones) is 1. The van der Waals surface area contributed by atoms with Gasteiger partial charge in [-0.3, -0.25) is 4.90 Å². The summed E-state index contributed by atoms with van der Waals surface area (Å²) in [6.07, 6.45) is -5.61. The van der Waals surface area contributed by atoms with E-state index in [4.69, 9.17) is 18.5 Å². The van der Waals surface area contributed by atoms with E-state index >= 15 is 0 Å². The van der Waals surface area contributed by atoms with Gasteiger partial charge in [0, 0.05) is 11.5 Å². The van der Waals surface area contributed by atoms with Crippen LogP contribution in [0.1, 0.15) is 48.5 Å². The third-order valence-corrected chi connectivity index (χ3v) is 11.9. The molecule has 1 atom stereocenters. The van der Waals surface area contributed by atoms with E-state index in [1.165, 1.54) is 23.1 Å². The monoisotopic (exact) mass is 517 g/mol. The van der Waals surface area contributed by atoms with Crippen LogP contribution in [0.5, 0.6) is 5.75 Å². The smallest absolute Gasteiger partial charge is 0.447 e. The van der Waals surface area contributed by atoms with E-state index in [0.29, 0.717) is 0 Å². The van der Waals surface area contributed by atoms with Gasteiger partial charge in [-0.15, -0.1) is 13.2 Å². The van der Waals surface area contributed by atoms with E-state index in [0.717, 1.165) is 0 Å². The summed E-state index contributed by atoms with van der Waals surface area (Å²) in [5.74, 6) is -0.503. The van der Waals surface area contributed by atoms with Crippen molar-refractivity contribution in [3.63, 3.8) is 0 Å². The summed E-state index contributed by atoms with van der Waals surface area (Å²) in [6, 6.07) is 3.64. The Bertz CT molecular complexity index is 948. The van der Waals surface area contributed by atoms with Crippen LogP contribution >= 0.6 is 0 Å². The third kappa shape index (κ3) is 5.81. The van der Waals surface area contributed by atoms with Crippen molar-refractivity contribution in [2.75, 3.05) is 18.1 Å². The fourth-order valence-corrected chi connectivity index (χ4v) is 4.51. The number of rotatable bonds is 6. The van der Waals surface area contributed by atoms with Crippen molar-refractivity contribution in [1.82, 2.24) is 0 Å². The Hall–Kier alpha value is -1.76. The molecule has 12 heteroatoms. The average Bonchev–Trinajstić information content (AvgIpc) is 3.13. The molecular formula is C23H35BF3NO6Si. The molecule has 0 unspecified atom stereocenters. The van der Waals surface area contributed by atoms with Crippen molar-refractivity contribution in [2.24, 2.45) is 0 Å². The number of nitrogens with zero attached hydrogens (tertiary/aromatic N) is 1. The summed E-state index contributed by atoms with van der Waals surface area (Å²) in [5.41, 5.74) is -1.23. The Labute approximate surface area is 206 Å². The molecule has 7 nitrogen and oxygen atoms in total. The molecule has 1 aromatic rings. The van der Waals surface area contributed by atoms with Gasteiger partial charge in [0.2, 0.25) is 0 Å². The average molecular weight is 517 g/mol. The second kappa shape index (κ2) is 8.97. The van der Waals surface area contributed by atoms with Gasteiger partial charge in [-0.25, -0.2) is 4.79 Å². The van der Waals surface area contributed by atoms with Gasteiger partial charge in [-0.1, -0.05) is 26.8 Å². The number of carbonyl (C=O) groups is 1. The molecule has 196 valence electrons. The van der Waals surface area contributed by atoms with Crippen molar-refractivity contribution in [1.29, 1.82) is 0 Å². The normalized spacial score (nSPS) is 22.5. The molecule has 2 saturated heterocycles. The number of hydrogen-bond acceptors (Lipinski definition) is 6. The Balaban J connectivity index is 1.92. The maximum absolute atomic E-state index is 13.3. The van der Waals surface area contributed by atoms with E-state index in [1.807, 2.05) is 0 Å². The molecule has 1 amide bonds. The Kier molecular flexibility index (Phi) is 7.13. The number of carbonyl (C=O) groups excluding carboxylic acids is 1. The van der Waals surface area contributed by atoms with Crippen molar-refractivity contribution in [3.05, 3.63) is 18.2 Å². The molecule has 0 bridgehead atoms. The van der Waals surface area contributed by atoms with Gasteiger partial charge in [0.1, 0.15) is 12.4 Å². The summed E-state index contributed by atoms with van der Waals surface area (Å²) in [6.45, 7) is 18.0. The quantitative estimate of drug-likeness (QED) is 0.482. The number of hydrogen-bond donors (Lipinski definition) is 0. The maximum Gasteiger partial charge on any atom is 0.573 e. The largest absolute Gasteiger partial charge is 0.573 e. The van der Waals surface area contributed by atoms with Crippen molar-refractivity contribution in [3.8, 4) is 5.75 Å². The summed E-state index contributed by atoms with van der Waals surface area (Å²) in [4.78, 5) is 13.9. The fourth-order valence-electron chi connectivity index (χ4n) is 3.47. The minimum atomic E-state index is -4.95. The van der Waals surface area contributed by atoms with Crippen LogP contribution in [0, 0.1) is 0 Å². The molecule has 0 saturated carbocycles. The summed E-state index contributed by atoms with van der Waals surface area (Å²) >= 11 is 0. The number of amides is 1. The molecule has 2 fully saturated rings. The lowest BCUT2D eigenvalue weighted by molar-refractivity contribution is -0.274. The van der Waals surface area contributed by atoms with Gasteiger partial charge >= 0.3 is 19.6 Å². The minimum Gasteiger partial charge on any atom is -0.447 e. The lowest BCUT2D eigenvalue weighted by atomic mass is 9.78. The second-order valence-corrected chi connectivity index (χ2v) is 16.3. The number of ether oxygens (including phenoxy) is 2. The number of halogens is 3. The van der Waals surface area contributed by atoms with Crippen molar-refractivity contribution < 1.29 is 41.2 Å². The van der Waals surface area contributed by atoms with E-state index in [1.54, 1.807) is 27.7 Å². The fraction of sp³-hybridized carbons (Fsp3) is 0.696. The lowest BCUT2D eigenvalue weighted by Gasteiger charge is -2.37. The molecule has 2 heterocycles. The number of alkyl halides is 3. The molecule has 0 aromatic heterocycles. The van der Waals surface area contributed by atoms with E-state index in [2.05, 4.69) is 38.6 Å². The van der Waals surface area contributed by atoms with Gasteiger partial charge in [0.25, 0.3) is 0 Å². The third-order valence-electron chi connectivity index (χ3n) is 7.41. The van der Waals surface area contributed by atoms with Gasteiger partial charge in [-0.2, -0.15) is 0 Å². The van der Waals surface area contributed by atoms with Crippen LogP contribution < -0.4 is 15.1 Å². The van der Waals surface area contributed by atoms with Crippen molar-refractivity contribution >= 4 is 32.7 Å². The number of benzene rings is 1. The first-order chi connectivity index (χ1) is 15.7. The van der Waals surface area contributed by atoms with Gasteiger partial charge in [0.15, 0.2) is 8.32 Å². The molecule has 0 N–H and O–H groups in total. The number of anilines is 1. The molecule has 2 aliphatic heterocycles. The zero-order valence-electron chi connectivity index (χ0n) is 21.8. The van der Waals surface area contributed by atoms with Crippen LogP contribution in [0.4, 0.5) is 23.7 Å². The van der Waals surface area contributed by atoms with E-state index < -0.39 is 50.9 Å². The highest BCUT2D eigenvalue weighted by molar-refractivity contribution is 6.74. The first kappa shape index (κ1) is 27.8. The predicted octanol–water partition coefficient (Wildman–Crippen LogP) is 5.23. The van der Waals surface area contributed by atoms with Crippen LogP contribution in [0.25, 0.3) is 0 Å². The van der Waals surface area contributed by atoms with Crippen LogP contribution in [0.3, 0.4) is 0 Å². The summed E-state index contributed by atoms with van der Waals surface area (Å²) in [5, 5.41) is -0.0422.